The van der Waals surface area contributed by atoms with Gasteiger partial charge in [0.2, 0.25) is 5.88 Å². The van der Waals surface area contributed by atoms with E-state index in [1.807, 2.05) is 31.2 Å². The smallest absolute Gasteiger partial charge is 0.219 e. The number of hydrogen-bond acceptors (Lipinski definition) is 3. The molecule has 0 radical (unpaired) electrons. The Morgan fingerprint density at radius 1 is 1.17 bits per heavy atom. The molecule has 0 amide bonds. The zero-order chi connectivity index (χ0) is 12.5. The van der Waals surface area contributed by atoms with Crippen LogP contribution in [0.2, 0.25) is 0 Å². The lowest BCUT2D eigenvalue weighted by atomic mass is 10.2. The number of anilines is 1. The summed E-state index contributed by atoms with van der Waals surface area (Å²) < 4.78 is 5.82. The van der Waals surface area contributed by atoms with Crippen LogP contribution in [0, 0.1) is 6.92 Å². The number of hydrogen-bond donors (Lipinski definition) is 1. The second-order valence-corrected chi connectivity index (χ2v) is 4.68. The minimum atomic E-state index is 0.657. The van der Waals surface area contributed by atoms with Gasteiger partial charge in [0, 0.05) is 23.0 Å². The Morgan fingerprint density at radius 3 is 2.94 bits per heavy atom. The average molecular weight is 240 g/mol. The lowest BCUT2D eigenvalue weighted by Gasteiger charge is -2.10. The van der Waals surface area contributed by atoms with Crippen LogP contribution in [-0.4, -0.2) is 4.98 Å². The number of aromatic nitrogens is 1. The first-order chi connectivity index (χ1) is 8.74. The first kappa shape index (κ1) is 11.1. The van der Waals surface area contributed by atoms with Crippen LogP contribution < -0.4 is 10.5 Å². The maximum absolute atomic E-state index is 5.86. The molecule has 92 valence electrons. The summed E-state index contributed by atoms with van der Waals surface area (Å²) in [6.07, 6.45) is 3.39. The van der Waals surface area contributed by atoms with Crippen molar-refractivity contribution >= 4 is 5.69 Å². The molecule has 3 heteroatoms. The Balaban J connectivity index is 1.90. The summed E-state index contributed by atoms with van der Waals surface area (Å²) in [5, 5.41) is 0. The lowest BCUT2D eigenvalue weighted by Crippen LogP contribution is -1.96. The maximum atomic E-state index is 5.86. The van der Waals surface area contributed by atoms with Gasteiger partial charge in [-0.2, -0.15) is 0 Å². The molecule has 0 spiro atoms. The number of pyridine rings is 1. The van der Waals surface area contributed by atoms with Crippen molar-refractivity contribution in [2.24, 2.45) is 0 Å². The topological polar surface area (TPSA) is 48.1 Å². The molecular formula is C15H16N2O. The summed E-state index contributed by atoms with van der Waals surface area (Å²) in [6.45, 7) is 1.96. The normalized spacial score (nSPS) is 13.4. The van der Waals surface area contributed by atoms with Crippen molar-refractivity contribution in [1.82, 2.24) is 4.98 Å². The molecule has 0 bridgehead atoms. The molecule has 1 aliphatic carbocycles. The molecule has 2 N–H and O–H groups in total. The van der Waals surface area contributed by atoms with Gasteiger partial charge in [-0.3, -0.25) is 0 Å². The summed E-state index contributed by atoms with van der Waals surface area (Å²) in [5.74, 6) is 1.43. The van der Waals surface area contributed by atoms with E-state index < -0.39 is 0 Å². The Bertz CT molecular complexity index is 593. The summed E-state index contributed by atoms with van der Waals surface area (Å²) in [7, 11) is 0. The zero-order valence-electron chi connectivity index (χ0n) is 10.4. The first-order valence-corrected chi connectivity index (χ1v) is 6.26. The number of benzene rings is 1. The molecular weight excluding hydrogens is 224 g/mol. The SMILES string of the molecule is Cc1c(N)cccc1Oc1ccc2c(n1)CCC2. The molecule has 0 aliphatic heterocycles. The zero-order valence-corrected chi connectivity index (χ0v) is 10.4. The van der Waals surface area contributed by atoms with Gasteiger partial charge in [-0.15, -0.1) is 0 Å². The first-order valence-electron chi connectivity index (χ1n) is 6.26. The highest BCUT2D eigenvalue weighted by molar-refractivity contribution is 5.54. The van der Waals surface area contributed by atoms with Gasteiger partial charge in [-0.05, 0) is 43.9 Å². The second kappa shape index (κ2) is 4.33. The van der Waals surface area contributed by atoms with Crippen molar-refractivity contribution in [1.29, 1.82) is 0 Å². The average Bonchev–Trinajstić information content (AvgIpc) is 2.82. The summed E-state index contributed by atoms with van der Waals surface area (Å²) in [5.41, 5.74) is 10.1. The molecule has 0 saturated carbocycles. The molecule has 1 aromatic carbocycles. The van der Waals surface area contributed by atoms with Crippen LogP contribution in [0.15, 0.2) is 30.3 Å². The molecule has 0 atom stereocenters. The standard InChI is InChI=1S/C15H16N2O/c1-10-12(16)5-3-7-14(10)18-15-9-8-11-4-2-6-13(11)17-15/h3,5,7-9H,2,4,6,16H2,1H3. The molecule has 0 fully saturated rings. The molecule has 3 nitrogen and oxygen atoms in total. The predicted molar refractivity (Wildman–Crippen MR) is 71.9 cm³/mol. The van der Waals surface area contributed by atoms with Crippen LogP contribution in [0.4, 0.5) is 5.69 Å². The van der Waals surface area contributed by atoms with E-state index in [1.54, 1.807) is 0 Å². The van der Waals surface area contributed by atoms with Gasteiger partial charge in [0.05, 0.1) is 0 Å². The number of aryl methyl sites for hydroxylation is 2. The summed E-state index contributed by atoms with van der Waals surface area (Å²) >= 11 is 0. The van der Waals surface area contributed by atoms with Gasteiger partial charge in [-0.1, -0.05) is 12.1 Å². The highest BCUT2D eigenvalue weighted by Crippen LogP contribution is 2.29. The quantitative estimate of drug-likeness (QED) is 0.820. The molecule has 1 aliphatic rings. The Labute approximate surface area is 107 Å². The molecule has 3 rings (SSSR count). The van der Waals surface area contributed by atoms with E-state index in [0.29, 0.717) is 5.88 Å². The van der Waals surface area contributed by atoms with Crippen molar-refractivity contribution < 1.29 is 4.74 Å². The van der Waals surface area contributed by atoms with E-state index in [0.717, 1.165) is 29.8 Å². The highest BCUT2D eigenvalue weighted by atomic mass is 16.5. The van der Waals surface area contributed by atoms with Gasteiger partial charge in [-0.25, -0.2) is 4.98 Å². The van der Waals surface area contributed by atoms with Crippen LogP contribution in [0.3, 0.4) is 0 Å². The summed E-state index contributed by atoms with van der Waals surface area (Å²) in [4.78, 5) is 4.56. The molecule has 18 heavy (non-hydrogen) atoms. The number of fused-ring (bicyclic) bond motifs is 1. The number of rotatable bonds is 2. The molecule has 1 aromatic heterocycles. The van der Waals surface area contributed by atoms with E-state index in [-0.39, 0.29) is 0 Å². The molecule has 0 unspecified atom stereocenters. The Morgan fingerprint density at radius 2 is 2.06 bits per heavy atom. The Hall–Kier alpha value is -2.03. The minimum absolute atomic E-state index is 0.657. The van der Waals surface area contributed by atoms with Crippen molar-refractivity contribution in [2.45, 2.75) is 26.2 Å². The van der Waals surface area contributed by atoms with E-state index in [4.69, 9.17) is 10.5 Å². The third-order valence-electron chi connectivity index (χ3n) is 3.44. The minimum Gasteiger partial charge on any atom is -0.439 e. The highest BCUT2D eigenvalue weighted by Gasteiger charge is 2.13. The predicted octanol–water partition coefficient (Wildman–Crippen LogP) is 3.25. The fraction of sp³-hybridized carbons (Fsp3) is 0.267. The fourth-order valence-electron chi connectivity index (χ4n) is 2.31. The van der Waals surface area contributed by atoms with Crippen LogP contribution >= 0.6 is 0 Å². The number of nitrogen functional groups attached to an aromatic ring is 1. The van der Waals surface area contributed by atoms with Crippen LogP contribution in [0.5, 0.6) is 11.6 Å². The van der Waals surface area contributed by atoms with Crippen LogP contribution in [-0.2, 0) is 12.8 Å². The fourth-order valence-corrected chi connectivity index (χ4v) is 2.31. The van der Waals surface area contributed by atoms with Crippen molar-refractivity contribution in [3.63, 3.8) is 0 Å². The van der Waals surface area contributed by atoms with E-state index in [1.165, 1.54) is 17.7 Å². The van der Waals surface area contributed by atoms with Crippen molar-refractivity contribution in [2.75, 3.05) is 5.73 Å². The van der Waals surface area contributed by atoms with Crippen molar-refractivity contribution in [3.05, 3.63) is 47.2 Å². The number of nitrogens with two attached hydrogens (primary N) is 1. The lowest BCUT2D eigenvalue weighted by molar-refractivity contribution is 0.458. The van der Waals surface area contributed by atoms with Crippen molar-refractivity contribution in [3.8, 4) is 11.6 Å². The van der Waals surface area contributed by atoms with Gasteiger partial charge in [0.25, 0.3) is 0 Å². The number of nitrogens with zero attached hydrogens (tertiary/aromatic N) is 1. The van der Waals surface area contributed by atoms with Gasteiger partial charge in [0.1, 0.15) is 5.75 Å². The molecule has 1 heterocycles. The maximum Gasteiger partial charge on any atom is 0.219 e. The number of ether oxygens (including phenoxy) is 1. The van der Waals surface area contributed by atoms with Gasteiger partial charge < -0.3 is 10.5 Å². The third-order valence-corrected chi connectivity index (χ3v) is 3.44. The van der Waals surface area contributed by atoms with Gasteiger partial charge in [0.15, 0.2) is 0 Å². The monoisotopic (exact) mass is 240 g/mol. The van der Waals surface area contributed by atoms with Crippen LogP contribution in [0.1, 0.15) is 23.2 Å². The largest absolute Gasteiger partial charge is 0.439 e. The van der Waals surface area contributed by atoms with E-state index in [2.05, 4.69) is 11.1 Å². The third kappa shape index (κ3) is 1.92. The molecule has 0 saturated heterocycles. The Kier molecular flexibility index (Phi) is 2.67. The van der Waals surface area contributed by atoms with Gasteiger partial charge >= 0.3 is 0 Å². The van der Waals surface area contributed by atoms with E-state index in [9.17, 15) is 0 Å². The second-order valence-electron chi connectivity index (χ2n) is 4.68. The molecule has 2 aromatic rings. The van der Waals surface area contributed by atoms with Crippen LogP contribution in [0.25, 0.3) is 0 Å². The summed E-state index contributed by atoms with van der Waals surface area (Å²) in [6, 6.07) is 9.74. The van der Waals surface area contributed by atoms with E-state index >= 15 is 0 Å².